The zero-order valence-electron chi connectivity index (χ0n) is 13.1. The first-order valence-corrected chi connectivity index (χ1v) is 8.73. The number of thioether (sulfide) groups is 1. The molecule has 0 atom stereocenters. The standard InChI is InChI=1S/C18H19FN2O2S/c19-15-6-8-16(9-7-15)21-18(23)13-24-12-17(22)20-11-10-14-4-2-1-3-5-14/h1-9H,10-13H2,(H,20,22)(H,21,23). The van der Waals surface area contributed by atoms with Gasteiger partial charge >= 0.3 is 0 Å². The van der Waals surface area contributed by atoms with Crippen LogP contribution in [0, 0.1) is 5.82 Å². The molecule has 6 heteroatoms. The molecular weight excluding hydrogens is 327 g/mol. The zero-order chi connectivity index (χ0) is 17.2. The second-order valence-electron chi connectivity index (χ2n) is 5.13. The summed E-state index contributed by atoms with van der Waals surface area (Å²) in [6, 6.07) is 15.5. The summed E-state index contributed by atoms with van der Waals surface area (Å²) in [4.78, 5) is 23.4. The van der Waals surface area contributed by atoms with Crippen molar-refractivity contribution in [1.82, 2.24) is 5.32 Å². The SMILES string of the molecule is O=C(CSCC(=O)Nc1ccc(F)cc1)NCCc1ccccc1. The average molecular weight is 346 g/mol. The predicted octanol–water partition coefficient (Wildman–Crippen LogP) is 2.86. The van der Waals surface area contributed by atoms with E-state index >= 15 is 0 Å². The minimum absolute atomic E-state index is 0.0921. The molecule has 4 nitrogen and oxygen atoms in total. The van der Waals surface area contributed by atoms with Crippen LogP contribution in [0.3, 0.4) is 0 Å². The molecule has 2 amide bonds. The van der Waals surface area contributed by atoms with Crippen molar-refractivity contribution in [3.05, 3.63) is 66.0 Å². The van der Waals surface area contributed by atoms with Crippen molar-refractivity contribution in [2.24, 2.45) is 0 Å². The number of hydrogen-bond acceptors (Lipinski definition) is 3. The van der Waals surface area contributed by atoms with Crippen LogP contribution in [0.5, 0.6) is 0 Å². The highest BCUT2D eigenvalue weighted by Gasteiger charge is 2.06. The van der Waals surface area contributed by atoms with E-state index < -0.39 is 0 Å². The highest BCUT2D eigenvalue weighted by Crippen LogP contribution is 2.09. The third kappa shape index (κ3) is 6.83. The van der Waals surface area contributed by atoms with Gasteiger partial charge in [0.15, 0.2) is 0 Å². The van der Waals surface area contributed by atoms with Crippen LogP contribution in [0.1, 0.15) is 5.56 Å². The molecule has 0 aromatic heterocycles. The van der Waals surface area contributed by atoms with Crippen molar-refractivity contribution in [3.63, 3.8) is 0 Å². The first-order valence-electron chi connectivity index (χ1n) is 7.57. The van der Waals surface area contributed by atoms with Crippen molar-refractivity contribution in [1.29, 1.82) is 0 Å². The molecule has 0 saturated carbocycles. The summed E-state index contributed by atoms with van der Waals surface area (Å²) in [5.41, 5.74) is 1.71. The third-order valence-corrected chi connectivity index (χ3v) is 4.11. The van der Waals surface area contributed by atoms with E-state index in [0.717, 1.165) is 6.42 Å². The topological polar surface area (TPSA) is 58.2 Å². The van der Waals surface area contributed by atoms with Crippen LogP contribution >= 0.6 is 11.8 Å². The van der Waals surface area contributed by atoms with Gasteiger partial charge in [-0.2, -0.15) is 0 Å². The number of anilines is 1. The van der Waals surface area contributed by atoms with E-state index in [4.69, 9.17) is 0 Å². The fraction of sp³-hybridized carbons (Fsp3) is 0.222. The van der Waals surface area contributed by atoms with Crippen molar-refractivity contribution in [3.8, 4) is 0 Å². The number of benzene rings is 2. The molecule has 0 bridgehead atoms. The molecule has 0 fully saturated rings. The minimum Gasteiger partial charge on any atom is -0.355 e. The Morgan fingerprint density at radius 2 is 1.58 bits per heavy atom. The number of nitrogens with one attached hydrogen (secondary N) is 2. The van der Waals surface area contributed by atoms with Gasteiger partial charge in [0, 0.05) is 12.2 Å². The Morgan fingerprint density at radius 3 is 2.29 bits per heavy atom. The maximum Gasteiger partial charge on any atom is 0.234 e. The van der Waals surface area contributed by atoms with Crippen molar-refractivity contribution in [2.75, 3.05) is 23.4 Å². The summed E-state index contributed by atoms with van der Waals surface area (Å²) >= 11 is 1.24. The van der Waals surface area contributed by atoms with E-state index in [1.807, 2.05) is 30.3 Å². The summed E-state index contributed by atoms with van der Waals surface area (Å²) in [5.74, 6) is -0.265. The van der Waals surface area contributed by atoms with Gasteiger partial charge in [-0.05, 0) is 36.2 Å². The maximum absolute atomic E-state index is 12.8. The van der Waals surface area contributed by atoms with Gasteiger partial charge in [0.25, 0.3) is 0 Å². The van der Waals surface area contributed by atoms with Crippen molar-refractivity contribution < 1.29 is 14.0 Å². The van der Waals surface area contributed by atoms with E-state index in [2.05, 4.69) is 10.6 Å². The number of hydrogen-bond donors (Lipinski definition) is 2. The molecule has 2 aromatic carbocycles. The lowest BCUT2D eigenvalue weighted by Crippen LogP contribution is -2.28. The smallest absolute Gasteiger partial charge is 0.234 e. The van der Waals surface area contributed by atoms with Crippen molar-refractivity contribution >= 4 is 29.3 Å². The third-order valence-electron chi connectivity index (χ3n) is 3.17. The molecule has 2 aromatic rings. The average Bonchev–Trinajstić information content (AvgIpc) is 2.58. The van der Waals surface area contributed by atoms with Gasteiger partial charge in [0.1, 0.15) is 5.82 Å². The summed E-state index contributed by atoms with van der Waals surface area (Å²) in [7, 11) is 0. The molecule has 0 aliphatic carbocycles. The van der Waals surface area contributed by atoms with Crippen LogP contribution in [0.25, 0.3) is 0 Å². The second kappa shape index (κ2) is 9.72. The van der Waals surface area contributed by atoms with Gasteiger partial charge in [0.05, 0.1) is 11.5 Å². The van der Waals surface area contributed by atoms with Crippen LogP contribution in [0.4, 0.5) is 10.1 Å². The lowest BCUT2D eigenvalue weighted by molar-refractivity contribution is -0.118. The highest BCUT2D eigenvalue weighted by molar-refractivity contribution is 8.00. The Hall–Kier alpha value is -2.34. The lowest BCUT2D eigenvalue weighted by atomic mass is 10.1. The van der Waals surface area contributed by atoms with Gasteiger partial charge in [-0.15, -0.1) is 11.8 Å². The van der Waals surface area contributed by atoms with E-state index in [-0.39, 0.29) is 29.1 Å². The molecule has 0 heterocycles. The van der Waals surface area contributed by atoms with E-state index in [0.29, 0.717) is 12.2 Å². The number of halogens is 1. The maximum atomic E-state index is 12.8. The van der Waals surface area contributed by atoms with Gasteiger partial charge in [-0.25, -0.2) is 4.39 Å². The molecule has 0 aliphatic heterocycles. The van der Waals surface area contributed by atoms with E-state index in [9.17, 15) is 14.0 Å². The Morgan fingerprint density at radius 1 is 0.917 bits per heavy atom. The molecule has 0 aliphatic rings. The molecule has 0 spiro atoms. The molecule has 126 valence electrons. The second-order valence-corrected chi connectivity index (χ2v) is 6.12. The van der Waals surface area contributed by atoms with Crippen LogP contribution < -0.4 is 10.6 Å². The minimum atomic E-state index is -0.352. The molecule has 2 rings (SSSR count). The Bertz CT molecular complexity index is 662. The Balaban J connectivity index is 1.58. The quantitative estimate of drug-likeness (QED) is 0.773. The predicted molar refractivity (Wildman–Crippen MR) is 95.5 cm³/mol. The van der Waals surface area contributed by atoms with Crippen LogP contribution in [0.15, 0.2) is 54.6 Å². The first kappa shape index (κ1) is 18.0. The zero-order valence-corrected chi connectivity index (χ0v) is 13.9. The van der Waals surface area contributed by atoms with Crippen LogP contribution in [-0.2, 0) is 16.0 Å². The Labute approximate surface area is 144 Å². The van der Waals surface area contributed by atoms with Gasteiger partial charge in [0.2, 0.25) is 11.8 Å². The Kier molecular flexibility index (Phi) is 7.29. The summed E-state index contributed by atoms with van der Waals surface area (Å²) < 4.78 is 12.8. The van der Waals surface area contributed by atoms with Crippen LogP contribution in [-0.4, -0.2) is 29.9 Å². The van der Waals surface area contributed by atoms with E-state index in [1.165, 1.54) is 41.6 Å². The number of amides is 2. The van der Waals surface area contributed by atoms with E-state index in [1.54, 1.807) is 0 Å². The monoisotopic (exact) mass is 346 g/mol. The largest absolute Gasteiger partial charge is 0.355 e. The molecule has 0 radical (unpaired) electrons. The van der Waals surface area contributed by atoms with Crippen molar-refractivity contribution in [2.45, 2.75) is 6.42 Å². The fourth-order valence-electron chi connectivity index (χ4n) is 2.01. The van der Waals surface area contributed by atoms with Gasteiger partial charge < -0.3 is 10.6 Å². The highest BCUT2D eigenvalue weighted by atomic mass is 32.2. The molecule has 0 saturated heterocycles. The molecule has 24 heavy (non-hydrogen) atoms. The number of carbonyl (C=O) groups excluding carboxylic acids is 2. The summed E-state index contributed by atoms with van der Waals surface area (Å²) in [5, 5.41) is 5.48. The lowest BCUT2D eigenvalue weighted by Gasteiger charge is -2.06. The fourth-order valence-corrected chi connectivity index (χ4v) is 2.66. The van der Waals surface area contributed by atoms with Gasteiger partial charge in [-0.3, -0.25) is 9.59 Å². The molecule has 2 N–H and O–H groups in total. The van der Waals surface area contributed by atoms with Gasteiger partial charge in [-0.1, -0.05) is 30.3 Å². The summed E-state index contributed by atoms with van der Waals surface area (Å²) in [6.07, 6.45) is 0.780. The number of carbonyl (C=O) groups is 2. The first-order chi connectivity index (χ1) is 11.6. The normalized spacial score (nSPS) is 10.2. The van der Waals surface area contributed by atoms with Crippen LogP contribution in [0.2, 0.25) is 0 Å². The number of rotatable bonds is 8. The molecule has 0 unspecified atom stereocenters. The molecular formula is C18H19FN2O2S. The summed E-state index contributed by atoms with van der Waals surface area (Å²) in [6.45, 7) is 0.575.